The summed E-state index contributed by atoms with van der Waals surface area (Å²) in [7, 11) is 0. The number of nitrogens with zero attached hydrogens (tertiary/aromatic N) is 2. The van der Waals surface area contributed by atoms with Gasteiger partial charge in [0, 0.05) is 48.4 Å². The lowest BCUT2D eigenvalue weighted by Gasteiger charge is -2.37. The number of benzene rings is 2. The number of fused-ring (bicyclic) bond motifs is 1. The molecule has 0 aliphatic heterocycles. The molecule has 0 spiro atoms. The van der Waals surface area contributed by atoms with Gasteiger partial charge in [-0.2, -0.15) is 0 Å². The molecule has 1 saturated carbocycles. The number of unbranched alkanes of at least 4 members (excludes halogenated alkanes) is 1. The Morgan fingerprint density at radius 3 is 2.45 bits per heavy atom. The molecule has 1 aliphatic carbocycles. The van der Waals surface area contributed by atoms with Gasteiger partial charge in [-0.25, -0.2) is 4.39 Å². The van der Waals surface area contributed by atoms with Gasteiger partial charge in [0.25, 0.3) is 5.91 Å². The Bertz CT molecular complexity index is 1590. The third kappa shape index (κ3) is 6.75. The first kappa shape index (κ1) is 30.7. The average molecular weight is 647 g/mol. The summed E-state index contributed by atoms with van der Waals surface area (Å²) in [6.07, 6.45) is 8.53. The van der Waals surface area contributed by atoms with Gasteiger partial charge in [-0.1, -0.05) is 60.3 Å². The molecule has 0 unspecified atom stereocenters. The highest BCUT2D eigenvalue weighted by atomic mass is 35.5. The predicted molar refractivity (Wildman–Crippen MR) is 170 cm³/mol. The van der Waals surface area contributed by atoms with Crippen LogP contribution in [-0.4, -0.2) is 33.8 Å². The van der Waals surface area contributed by atoms with Crippen molar-refractivity contribution in [2.75, 3.05) is 0 Å². The third-order valence-corrected chi connectivity index (χ3v) is 10.4. The van der Waals surface area contributed by atoms with Crippen LogP contribution in [0.3, 0.4) is 0 Å². The van der Waals surface area contributed by atoms with Crippen molar-refractivity contribution in [2.24, 2.45) is 0 Å². The minimum absolute atomic E-state index is 0.0585. The molecular weight excluding hydrogens is 616 g/mol. The lowest BCUT2D eigenvalue weighted by molar-refractivity contribution is -0.122. The van der Waals surface area contributed by atoms with Crippen LogP contribution in [0.5, 0.6) is 0 Å². The van der Waals surface area contributed by atoms with E-state index in [2.05, 4.69) is 17.2 Å². The molecule has 0 radical (unpaired) electrons. The standard InChI is InChI=1S/C32H31Cl3FN3O2S/c1-2-3-4-27(40)38-22-6-8-23(9-7-22)39(18-21-17-20(5-12-26(21)36)19-13-15-37-16-14-19)32(41)31-28(34)24-10-11-25(33)29(35)30(24)42-31/h5,10-17,22-23H,2-4,6-9,18H2,1H3,(H,38,40). The van der Waals surface area contributed by atoms with Gasteiger partial charge in [0.05, 0.1) is 19.8 Å². The Kier molecular flexibility index (Phi) is 10.0. The second-order valence-electron chi connectivity index (χ2n) is 10.6. The fourth-order valence-electron chi connectivity index (χ4n) is 5.48. The topological polar surface area (TPSA) is 62.3 Å². The monoisotopic (exact) mass is 645 g/mol. The fourth-order valence-corrected chi connectivity index (χ4v) is 7.47. The van der Waals surface area contributed by atoms with Gasteiger partial charge in [0.1, 0.15) is 10.7 Å². The Morgan fingerprint density at radius 2 is 1.74 bits per heavy atom. The zero-order valence-electron chi connectivity index (χ0n) is 23.1. The van der Waals surface area contributed by atoms with E-state index in [0.29, 0.717) is 54.9 Å². The van der Waals surface area contributed by atoms with Crippen molar-refractivity contribution in [1.82, 2.24) is 15.2 Å². The van der Waals surface area contributed by atoms with E-state index in [4.69, 9.17) is 34.8 Å². The molecule has 2 amide bonds. The summed E-state index contributed by atoms with van der Waals surface area (Å²) < 4.78 is 15.9. The summed E-state index contributed by atoms with van der Waals surface area (Å²) in [6.45, 7) is 2.13. The molecule has 0 bridgehead atoms. The van der Waals surface area contributed by atoms with Crippen molar-refractivity contribution in [3.05, 3.63) is 86.2 Å². The van der Waals surface area contributed by atoms with Crippen LogP contribution < -0.4 is 5.32 Å². The summed E-state index contributed by atoms with van der Waals surface area (Å²) >= 11 is 20.7. The number of pyridine rings is 1. The molecule has 0 atom stereocenters. The Hall–Kier alpha value is -2.71. The van der Waals surface area contributed by atoms with E-state index >= 15 is 4.39 Å². The number of halogens is 4. The molecule has 5 nitrogen and oxygen atoms in total. The van der Waals surface area contributed by atoms with Gasteiger partial charge in [-0.3, -0.25) is 14.6 Å². The van der Waals surface area contributed by atoms with Crippen molar-refractivity contribution in [3.63, 3.8) is 0 Å². The number of thiophene rings is 1. The average Bonchev–Trinajstić information content (AvgIpc) is 3.34. The molecule has 2 heterocycles. The van der Waals surface area contributed by atoms with Crippen molar-refractivity contribution in [3.8, 4) is 11.1 Å². The van der Waals surface area contributed by atoms with Crippen LogP contribution in [0.2, 0.25) is 15.1 Å². The van der Waals surface area contributed by atoms with Crippen LogP contribution in [0.15, 0.2) is 54.9 Å². The summed E-state index contributed by atoms with van der Waals surface area (Å²) in [6, 6.07) is 12.0. The van der Waals surface area contributed by atoms with Gasteiger partial charge >= 0.3 is 0 Å². The van der Waals surface area contributed by atoms with Gasteiger partial charge < -0.3 is 10.2 Å². The van der Waals surface area contributed by atoms with Gasteiger partial charge in [-0.05, 0) is 73.6 Å². The molecular formula is C32H31Cl3FN3O2S. The summed E-state index contributed by atoms with van der Waals surface area (Å²) in [5.74, 6) is -0.604. The fraction of sp³-hybridized carbons (Fsp3) is 0.344. The number of hydrogen-bond donors (Lipinski definition) is 1. The van der Waals surface area contributed by atoms with Crippen molar-refractivity contribution in [1.29, 1.82) is 0 Å². The molecule has 2 aromatic carbocycles. The first-order chi connectivity index (χ1) is 20.3. The van der Waals surface area contributed by atoms with Crippen LogP contribution in [0.4, 0.5) is 4.39 Å². The molecule has 1 N–H and O–H groups in total. The number of carbonyl (C=O) groups excluding carboxylic acids is 2. The highest BCUT2D eigenvalue weighted by Crippen LogP contribution is 2.43. The van der Waals surface area contributed by atoms with E-state index in [1.54, 1.807) is 41.6 Å². The highest BCUT2D eigenvalue weighted by Gasteiger charge is 2.33. The van der Waals surface area contributed by atoms with Crippen LogP contribution >= 0.6 is 46.1 Å². The third-order valence-electron chi connectivity index (χ3n) is 7.81. The summed E-state index contributed by atoms with van der Waals surface area (Å²) in [4.78, 5) is 32.7. The van der Waals surface area contributed by atoms with E-state index in [1.807, 2.05) is 12.1 Å². The maximum atomic E-state index is 15.3. The van der Waals surface area contributed by atoms with E-state index in [1.165, 1.54) is 17.4 Å². The lowest BCUT2D eigenvalue weighted by Crippen LogP contribution is -2.46. The smallest absolute Gasteiger partial charge is 0.266 e. The van der Waals surface area contributed by atoms with Crippen molar-refractivity contribution < 1.29 is 14.0 Å². The van der Waals surface area contributed by atoms with Crippen LogP contribution in [0.1, 0.15) is 67.1 Å². The normalized spacial score (nSPS) is 16.9. The molecule has 0 saturated heterocycles. The van der Waals surface area contributed by atoms with Crippen LogP contribution in [0, 0.1) is 5.82 Å². The van der Waals surface area contributed by atoms with Crippen LogP contribution in [0.25, 0.3) is 21.2 Å². The first-order valence-electron chi connectivity index (χ1n) is 14.1. The van der Waals surface area contributed by atoms with Gasteiger partial charge in [0.2, 0.25) is 5.91 Å². The van der Waals surface area contributed by atoms with Crippen LogP contribution in [-0.2, 0) is 11.3 Å². The Morgan fingerprint density at radius 1 is 1.00 bits per heavy atom. The number of rotatable bonds is 9. The van der Waals surface area contributed by atoms with E-state index in [0.717, 1.165) is 36.8 Å². The maximum absolute atomic E-state index is 15.3. The second-order valence-corrected chi connectivity index (χ2v) is 12.8. The zero-order chi connectivity index (χ0) is 29.8. The zero-order valence-corrected chi connectivity index (χ0v) is 26.2. The predicted octanol–water partition coefficient (Wildman–Crippen LogP) is 9.32. The number of hydrogen-bond acceptors (Lipinski definition) is 4. The van der Waals surface area contributed by atoms with Gasteiger partial charge in [-0.15, -0.1) is 11.3 Å². The molecule has 5 rings (SSSR count). The number of amides is 2. The minimum atomic E-state index is -0.389. The summed E-state index contributed by atoms with van der Waals surface area (Å²) in [5, 5.41) is 4.84. The molecule has 1 fully saturated rings. The van der Waals surface area contributed by atoms with E-state index < -0.39 is 0 Å². The van der Waals surface area contributed by atoms with E-state index in [-0.39, 0.29) is 36.3 Å². The molecule has 42 heavy (non-hydrogen) atoms. The number of aromatic nitrogens is 1. The quantitative estimate of drug-likeness (QED) is 0.197. The number of carbonyl (C=O) groups is 2. The van der Waals surface area contributed by atoms with Crippen molar-refractivity contribution in [2.45, 2.75) is 70.5 Å². The highest BCUT2D eigenvalue weighted by molar-refractivity contribution is 7.22. The summed E-state index contributed by atoms with van der Waals surface area (Å²) in [5.41, 5.74) is 2.15. The SMILES string of the molecule is CCCCC(=O)NC1CCC(N(Cc2cc(-c3ccncc3)ccc2F)C(=O)c2sc3c(Cl)c(Cl)ccc3c2Cl)CC1. The minimum Gasteiger partial charge on any atom is -0.353 e. The van der Waals surface area contributed by atoms with Gasteiger partial charge in [0.15, 0.2) is 0 Å². The molecule has 220 valence electrons. The van der Waals surface area contributed by atoms with E-state index in [9.17, 15) is 9.59 Å². The van der Waals surface area contributed by atoms with Crippen molar-refractivity contribution >= 4 is 68.0 Å². The number of nitrogens with one attached hydrogen (secondary N) is 1. The largest absolute Gasteiger partial charge is 0.353 e. The lowest BCUT2D eigenvalue weighted by atomic mass is 9.89. The maximum Gasteiger partial charge on any atom is 0.266 e. The first-order valence-corrected chi connectivity index (χ1v) is 16.1. The molecule has 4 aromatic rings. The Labute approximate surface area is 264 Å². The Balaban J connectivity index is 1.45. The molecule has 1 aliphatic rings. The molecule has 2 aromatic heterocycles. The molecule has 10 heteroatoms. The second kappa shape index (κ2) is 13.7.